The quantitative estimate of drug-likeness (QED) is 0.575. The number of nitrogens with one attached hydrogen (secondary N) is 1. The van der Waals surface area contributed by atoms with Gasteiger partial charge in [0.2, 0.25) is 5.91 Å². The second-order valence-corrected chi connectivity index (χ2v) is 10.4. The number of hydrogen-bond donors (Lipinski definition) is 1. The minimum Gasteiger partial charge on any atom is -0.458 e. The van der Waals surface area contributed by atoms with E-state index in [1.54, 1.807) is 0 Å². The van der Waals surface area contributed by atoms with Crippen molar-refractivity contribution in [2.75, 3.05) is 6.54 Å². The van der Waals surface area contributed by atoms with Gasteiger partial charge in [-0.3, -0.25) is 13.8 Å². The molecule has 0 spiro atoms. The summed E-state index contributed by atoms with van der Waals surface area (Å²) in [5, 5.41) is 2.11. The van der Waals surface area contributed by atoms with E-state index >= 15 is 0 Å². The van der Waals surface area contributed by atoms with Crippen LogP contribution in [0.25, 0.3) is 0 Å². The Morgan fingerprint density at radius 3 is 2.56 bits per heavy atom. The first kappa shape index (κ1) is 18.6. The van der Waals surface area contributed by atoms with Crippen LogP contribution in [0.1, 0.15) is 47.5 Å². The van der Waals surface area contributed by atoms with E-state index in [0.717, 1.165) is 0 Å². The largest absolute Gasteiger partial charge is 0.458 e. The van der Waals surface area contributed by atoms with Gasteiger partial charge in [-0.15, -0.1) is 0 Å². The number of carbonyl (C=O) groups excluding carboxylic acids is 2. The molecule has 2 aliphatic carbocycles. The summed E-state index contributed by atoms with van der Waals surface area (Å²) in [6.45, 7) is 9.33. The molecule has 25 heavy (non-hydrogen) atoms. The molecule has 7 nitrogen and oxygen atoms in total. The molecule has 3 fully saturated rings. The molecule has 1 heterocycles. The third-order valence-electron chi connectivity index (χ3n) is 6.55. The van der Waals surface area contributed by atoms with Crippen molar-refractivity contribution in [2.45, 2.75) is 64.9 Å². The summed E-state index contributed by atoms with van der Waals surface area (Å²) < 4.78 is 35.1. The van der Waals surface area contributed by atoms with Crippen molar-refractivity contribution in [2.24, 2.45) is 22.7 Å². The Balaban J connectivity index is 1.65. The molecule has 1 aliphatic heterocycles. The Bertz CT molecular complexity index is 698. The van der Waals surface area contributed by atoms with Crippen LogP contribution >= 0.6 is 0 Å². The first-order valence-electron chi connectivity index (χ1n) is 8.81. The molecular weight excluding hydrogens is 346 g/mol. The van der Waals surface area contributed by atoms with Crippen molar-refractivity contribution in [1.29, 1.82) is 0 Å². The predicted molar refractivity (Wildman–Crippen MR) is 89.9 cm³/mol. The Labute approximate surface area is 148 Å². The summed E-state index contributed by atoms with van der Waals surface area (Å²) in [6, 6.07) is 0. The van der Waals surface area contributed by atoms with Gasteiger partial charge in [-0.1, -0.05) is 34.6 Å². The van der Waals surface area contributed by atoms with Gasteiger partial charge in [0.25, 0.3) is 10.1 Å². The van der Waals surface area contributed by atoms with Crippen LogP contribution in [0.4, 0.5) is 0 Å². The maximum atomic E-state index is 12.2. The van der Waals surface area contributed by atoms with E-state index in [0.29, 0.717) is 12.8 Å². The zero-order valence-electron chi connectivity index (χ0n) is 15.4. The van der Waals surface area contributed by atoms with Gasteiger partial charge >= 0.3 is 5.97 Å². The SMILES string of the molecule is CCC(C)(C)C(=O)NCC(=O)OC1C2OS(=O)(=O)C3CC1C(C)(C)C23. The number of carbonyl (C=O) groups is 2. The molecule has 8 heteroatoms. The van der Waals surface area contributed by atoms with Gasteiger partial charge in [0.15, 0.2) is 0 Å². The summed E-state index contributed by atoms with van der Waals surface area (Å²) in [6.07, 6.45) is -0.0552. The standard InChI is InChI=1S/C17H27NO6S/c1-6-16(2,3)15(20)18-8-11(19)23-13-9-7-10-12(17(9,4)5)14(13)24-25(10,21)22/h9-10,12-14H,6-8H2,1-5H3,(H,18,20). The van der Waals surface area contributed by atoms with Crippen LogP contribution in [-0.4, -0.2) is 44.3 Å². The van der Waals surface area contributed by atoms with E-state index in [4.69, 9.17) is 8.92 Å². The molecule has 5 unspecified atom stereocenters. The molecule has 0 radical (unpaired) electrons. The van der Waals surface area contributed by atoms with Crippen molar-refractivity contribution in [3.8, 4) is 0 Å². The van der Waals surface area contributed by atoms with Crippen LogP contribution in [0.5, 0.6) is 0 Å². The third kappa shape index (κ3) is 2.77. The van der Waals surface area contributed by atoms with Gasteiger partial charge in [0.1, 0.15) is 18.8 Å². The van der Waals surface area contributed by atoms with Crippen LogP contribution in [-0.2, 0) is 28.6 Å². The maximum absolute atomic E-state index is 12.2. The second-order valence-electron chi connectivity index (χ2n) is 8.66. The van der Waals surface area contributed by atoms with Crippen molar-refractivity contribution < 1.29 is 26.9 Å². The summed E-state index contributed by atoms with van der Waals surface area (Å²) in [7, 11) is -3.58. The van der Waals surface area contributed by atoms with Gasteiger partial charge < -0.3 is 10.1 Å². The molecular formula is C17H27NO6S. The third-order valence-corrected chi connectivity index (χ3v) is 8.27. The summed E-state index contributed by atoms with van der Waals surface area (Å²) in [5.41, 5.74) is -0.804. The highest BCUT2D eigenvalue weighted by Gasteiger charge is 2.73. The van der Waals surface area contributed by atoms with E-state index in [1.165, 1.54) is 0 Å². The molecule has 3 aliphatic rings. The lowest BCUT2D eigenvalue weighted by Crippen LogP contribution is -2.43. The molecule has 3 rings (SSSR count). The predicted octanol–water partition coefficient (Wildman–Crippen LogP) is 1.22. The summed E-state index contributed by atoms with van der Waals surface area (Å²) >= 11 is 0. The molecule has 0 aromatic rings. The smallest absolute Gasteiger partial charge is 0.325 e. The molecule has 0 aromatic carbocycles. The number of fused-ring (bicyclic) bond motifs is 1. The average Bonchev–Trinajstić information content (AvgIpc) is 2.98. The molecule has 5 atom stereocenters. The molecule has 0 aromatic heterocycles. The van der Waals surface area contributed by atoms with Gasteiger partial charge in [0, 0.05) is 17.3 Å². The maximum Gasteiger partial charge on any atom is 0.325 e. The monoisotopic (exact) mass is 373 g/mol. The highest BCUT2D eigenvalue weighted by atomic mass is 32.2. The van der Waals surface area contributed by atoms with Crippen molar-refractivity contribution in [1.82, 2.24) is 5.32 Å². The fraction of sp³-hybridized carbons (Fsp3) is 0.882. The number of rotatable bonds is 5. The topological polar surface area (TPSA) is 98.8 Å². The van der Waals surface area contributed by atoms with Gasteiger partial charge in [0.05, 0.1) is 5.25 Å². The Morgan fingerprint density at radius 1 is 1.32 bits per heavy atom. The van der Waals surface area contributed by atoms with E-state index in [-0.39, 0.29) is 29.7 Å². The minimum atomic E-state index is -3.58. The molecule has 1 N–H and O–H groups in total. The fourth-order valence-corrected chi connectivity index (χ4v) is 6.58. The zero-order chi connectivity index (χ0) is 18.8. The normalized spacial score (nSPS) is 37.1. The molecule has 1 amide bonds. The lowest BCUT2D eigenvalue weighted by Gasteiger charge is -2.27. The molecule has 1 saturated heterocycles. The van der Waals surface area contributed by atoms with Crippen molar-refractivity contribution >= 4 is 22.0 Å². The minimum absolute atomic E-state index is 0.0449. The second kappa shape index (κ2) is 5.67. The lowest BCUT2D eigenvalue weighted by molar-refractivity contribution is -0.156. The van der Waals surface area contributed by atoms with Crippen LogP contribution in [0.3, 0.4) is 0 Å². The fourth-order valence-electron chi connectivity index (χ4n) is 4.59. The van der Waals surface area contributed by atoms with E-state index in [1.807, 2.05) is 34.6 Å². The molecule has 2 saturated carbocycles. The van der Waals surface area contributed by atoms with Gasteiger partial charge in [-0.05, 0) is 18.3 Å². The molecule has 2 bridgehead atoms. The van der Waals surface area contributed by atoms with Gasteiger partial charge in [-0.25, -0.2) is 0 Å². The highest BCUT2D eigenvalue weighted by Crippen LogP contribution is 2.64. The number of ether oxygens (including phenoxy) is 1. The van der Waals surface area contributed by atoms with E-state index in [9.17, 15) is 18.0 Å². The molecule has 142 valence electrons. The number of amides is 1. The van der Waals surface area contributed by atoms with Crippen LogP contribution in [0.2, 0.25) is 0 Å². The highest BCUT2D eigenvalue weighted by molar-refractivity contribution is 7.87. The summed E-state index contributed by atoms with van der Waals surface area (Å²) in [4.78, 5) is 24.3. The Kier molecular flexibility index (Phi) is 4.23. The van der Waals surface area contributed by atoms with Crippen LogP contribution < -0.4 is 5.32 Å². The first-order valence-corrected chi connectivity index (χ1v) is 10.3. The van der Waals surface area contributed by atoms with Crippen LogP contribution in [0.15, 0.2) is 0 Å². The van der Waals surface area contributed by atoms with Crippen molar-refractivity contribution in [3.05, 3.63) is 0 Å². The van der Waals surface area contributed by atoms with E-state index in [2.05, 4.69) is 5.32 Å². The Hall–Kier alpha value is -1.15. The van der Waals surface area contributed by atoms with Gasteiger partial charge in [-0.2, -0.15) is 8.42 Å². The average molecular weight is 373 g/mol. The van der Waals surface area contributed by atoms with Crippen LogP contribution in [0, 0.1) is 22.7 Å². The Morgan fingerprint density at radius 2 is 1.96 bits per heavy atom. The van der Waals surface area contributed by atoms with Crippen molar-refractivity contribution in [3.63, 3.8) is 0 Å². The number of esters is 1. The number of hydrogen-bond acceptors (Lipinski definition) is 6. The zero-order valence-corrected chi connectivity index (χ0v) is 16.2. The van der Waals surface area contributed by atoms with E-state index < -0.39 is 39.0 Å². The first-order chi connectivity index (χ1) is 11.4. The summed E-state index contributed by atoms with van der Waals surface area (Å²) in [5.74, 6) is -0.955. The lowest BCUT2D eigenvalue weighted by atomic mass is 9.81.